The number of rotatable bonds is 5. The summed E-state index contributed by atoms with van der Waals surface area (Å²) in [6.45, 7) is 7.03. The summed E-state index contributed by atoms with van der Waals surface area (Å²) in [6.07, 6.45) is 0. The lowest BCUT2D eigenvalue weighted by Gasteiger charge is -2.23. The van der Waals surface area contributed by atoms with Gasteiger partial charge in [0.05, 0.1) is 5.69 Å². The average Bonchev–Trinajstić information content (AvgIpc) is 2.38. The smallest absolute Gasteiger partial charge is 0.319 e. The molecule has 0 aliphatic carbocycles. The normalized spacial score (nSPS) is 12.7. The Morgan fingerprint density at radius 2 is 1.78 bits per heavy atom. The number of hydrogen-bond acceptors (Lipinski definition) is 3. The predicted octanol–water partition coefficient (Wildman–Crippen LogP) is 3.43. The van der Waals surface area contributed by atoms with E-state index in [2.05, 4.69) is 16.0 Å². The molecule has 1 rings (SSSR count). The first-order valence-electron chi connectivity index (χ1n) is 7.02. The maximum absolute atomic E-state index is 12.5. The van der Waals surface area contributed by atoms with Crippen LogP contribution in [0.15, 0.2) is 29.2 Å². The molecule has 0 fully saturated rings. The van der Waals surface area contributed by atoms with Gasteiger partial charge < -0.3 is 16.0 Å². The molecular weight excluding hydrogens is 324 g/mol. The van der Waals surface area contributed by atoms with Crippen molar-refractivity contribution in [2.75, 3.05) is 5.32 Å². The molecular formula is C15H21F2N3O2S. The summed E-state index contributed by atoms with van der Waals surface area (Å²) in [5.41, 5.74) is -0.150. The summed E-state index contributed by atoms with van der Waals surface area (Å²) >= 11 is 0.345. The van der Waals surface area contributed by atoms with Gasteiger partial charge in [-0.25, -0.2) is 4.79 Å². The number of carbonyl (C=O) groups excluding carboxylic acids is 2. The zero-order valence-electron chi connectivity index (χ0n) is 13.4. The van der Waals surface area contributed by atoms with Gasteiger partial charge in [-0.05, 0) is 39.8 Å². The summed E-state index contributed by atoms with van der Waals surface area (Å²) in [5, 5.41) is 7.69. The van der Waals surface area contributed by atoms with Gasteiger partial charge in [-0.1, -0.05) is 23.9 Å². The largest absolute Gasteiger partial charge is 0.350 e. The molecule has 1 atom stereocenters. The predicted molar refractivity (Wildman–Crippen MR) is 87.8 cm³/mol. The lowest BCUT2D eigenvalue weighted by Crippen LogP contribution is -2.51. The van der Waals surface area contributed by atoms with Crippen molar-refractivity contribution in [3.63, 3.8) is 0 Å². The van der Waals surface area contributed by atoms with Gasteiger partial charge in [0, 0.05) is 10.4 Å². The van der Waals surface area contributed by atoms with Crippen LogP contribution in [0.3, 0.4) is 0 Å². The van der Waals surface area contributed by atoms with E-state index in [1.807, 2.05) is 20.8 Å². The lowest BCUT2D eigenvalue weighted by molar-refractivity contribution is -0.123. The van der Waals surface area contributed by atoms with E-state index in [9.17, 15) is 18.4 Å². The van der Waals surface area contributed by atoms with Gasteiger partial charge in [-0.15, -0.1) is 0 Å². The highest BCUT2D eigenvalue weighted by atomic mass is 32.2. The minimum atomic E-state index is -2.59. The average molecular weight is 345 g/mol. The number of thioether (sulfide) groups is 1. The summed E-state index contributed by atoms with van der Waals surface area (Å²) in [7, 11) is 0. The van der Waals surface area contributed by atoms with Crippen LogP contribution < -0.4 is 16.0 Å². The van der Waals surface area contributed by atoms with E-state index in [1.165, 1.54) is 12.1 Å². The highest BCUT2D eigenvalue weighted by Crippen LogP contribution is 2.31. The molecule has 0 saturated heterocycles. The Balaban J connectivity index is 2.65. The molecule has 0 aliphatic rings. The molecule has 1 aromatic carbocycles. The number of anilines is 1. The number of hydrogen-bond donors (Lipinski definition) is 3. The fourth-order valence-electron chi connectivity index (χ4n) is 1.67. The quantitative estimate of drug-likeness (QED) is 0.716. The zero-order chi connectivity index (χ0) is 17.6. The second-order valence-corrected chi connectivity index (χ2v) is 6.97. The van der Waals surface area contributed by atoms with E-state index < -0.39 is 23.4 Å². The number of para-hydroxylation sites is 1. The van der Waals surface area contributed by atoms with Crippen LogP contribution in [0, 0.1) is 0 Å². The molecule has 3 N–H and O–H groups in total. The summed E-state index contributed by atoms with van der Waals surface area (Å²) < 4.78 is 25.0. The van der Waals surface area contributed by atoms with E-state index in [1.54, 1.807) is 19.1 Å². The molecule has 3 amide bonds. The number of amides is 3. The van der Waals surface area contributed by atoms with Gasteiger partial charge in [-0.2, -0.15) is 8.78 Å². The van der Waals surface area contributed by atoms with Crippen molar-refractivity contribution in [2.24, 2.45) is 0 Å². The Labute approximate surface area is 138 Å². The third kappa shape index (κ3) is 7.32. The Bertz CT molecular complexity index is 562. The molecule has 0 radical (unpaired) electrons. The van der Waals surface area contributed by atoms with Gasteiger partial charge >= 0.3 is 6.03 Å². The standard InChI is InChI=1S/C15H21F2N3O2S/c1-9(12(21)20-15(2,3)4)18-14(22)19-10-7-5-6-8-11(10)23-13(16)17/h5-9,13H,1-4H3,(H,20,21)(H2,18,19,22). The molecule has 0 aromatic heterocycles. The molecule has 23 heavy (non-hydrogen) atoms. The van der Waals surface area contributed by atoms with E-state index in [4.69, 9.17) is 0 Å². The van der Waals surface area contributed by atoms with Crippen molar-refractivity contribution in [3.05, 3.63) is 24.3 Å². The third-order valence-corrected chi connectivity index (χ3v) is 3.38. The molecule has 5 nitrogen and oxygen atoms in total. The Morgan fingerprint density at radius 3 is 2.35 bits per heavy atom. The second kappa shape index (κ2) is 8.14. The van der Waals surface area contributed by atoms with Crippen LogP contribution in [0.2, 0.25) is 0 Å². The number of benzene rings is 1. The van der Waals surface area contributed by atoms with Crippen LogP contribution >= 0.6 is 11.8 Å². The molecule has 0 spiro atoms. The molecule has 1 unspecified atom stereocenters. The molecule has 8 heteroatoms. The van der Waals surface area contributed by atoms with Crippen LogP contribution in [0.25, 0.3) is 0 Å². The Kier molecular flexibility index (Phi) is 6.80. The van der Waals surface area contributed by atoms with Crippen LogP contribution in [0.5, 0.6) is 0 Å². The highest BCUT2D eigenvalue weighted by Gasteiger charge is 2.21. The second-order valence-electron chi connectivity index (χ2n) is 5.93. The molecule has 1 aromatic rings. The van der Waals surface area contributed by atoms with Gasteiger partial charge in [0.15, 0.2) is 0 Å². The topological polar surface area (TPSA) is 70.2 Å². The number of halogens is 2. The van der Waals surface area contributed by atoms with E-state index in [0.717, 1.165) is 0 Å². The fraction of sp³-hybridized carbons (Fsp3) is 0.467. The molecule has 0 heterocycles. The van der Waals surface area contributed by atoms with Crippen LogP contribution in [-0.2, 0) is 4.79 Å². The van der Waals surface area contributed by atoms with Crippen molar-refractivity contribution in [2.45, 2.75) is 49.9 Å². The van der Waals surface area contributed by atoms with Gasteiger partial charge in [-0.3, -0.25) is 4.79 Å². The van der Waals surface area contributed by atoms with E-state index in [-0.39, 0.29) is 16.5 Å². The van der Waals surface area contributed by atoms with Crippen molar-refractivity contribution in [3.8, 4) is 0 Å². The Hall–Kier alpha value is -1.83. The fourth-order valence-corrected chi connectivity index (χ4v) is 2.26. The summed E-state index contributed by atoms with van der Waals surface area (Å²) in [4.78, 5) is 24.1. The van der Waals surface area contributed by atoms with Crippen molar-refractivity contribution in [1.82, 2.24) is 10.6 Å². The van der Waals surface area contributed by atoms with Crippen LogP contribution in [0.4, 0.5) is 19.3 Å². The van der Waals surface area contributed by atoms with E-state index >= 15 is 0 Å². The maximum atomic E-state index is 12.5. The first kappa shape index (κ1) is 19.2. The molecule has 0 saturated carbocycles. The lowest BCUT2D eigenvalue weighted by atomic mass is 10.1. The minimum absolute atomic E-state index is 0.254. The van der Waals surface area contributed by atoms with Crippen molar-refractivity contribution in [1.29, 1.82) is 0 Å². The zero-order valence-corrected chi connectivity index (χ0v) is 14.3. The van der Waals surface area contributed by atoms with Gasteiger partial charge in [0.2, 0.25) is 5.91 Å². The van der Waals surface area contributed by atoms with Gasteiger partial charge in [0.1, 0.15) is 6.04 Å². The summed E-state index contributed by atoms with van der Waals surface area (Å²) in [5.74, 6) is -2.92. The van der Waals surface area contributed by atoms with E-state index in [0.29, 0.717) is 11.8 Å². The third-order valence-electron chi connectivity index (χ3n) is 2.59. The number of nitrogens with one attached hydrogen (secondary N) is 3. The molecule has 128 valence electrons. The number of carbonyl (C=O) groups is 2. The van der Waals surface area contributed by atoms with Crippen LogP contribution in [0.1, 0.15) is 27.7 Å². The minimum Gasteiger partial charge on any atom is -0.350 e. The Morgan fingerprint density at radius 1 is 1.17 bits per heavy atom. The SMILES string of the molecule is CC(NC(=O)Nc1ccccc1SC(F)F)C(=O)NC(C)(C)C. The first-order chi connectivity index (χ1) is 10.6. The molecule has 0 bridgehead atoms. The first-order valence-corrected chi connectivity index (χ1v) is 7.90. The van der Waals surface area contributed by atoms with Crippen molar-refractivity contribution < 1.29 is 18.4 Å². The van der Waals surface area contributed by atoms with Gasteiger partial charge in [0.25, 0.3) is 5.76 Å². The highest BCUT2D eigenvalue weighted by molar-refractivity contribution is 7.99. The maximum Gasteiger partial charge on any atom is 0.319 e. The summed E-state index contributed by atoms with van der Waals surface area (Å²) in [6, 6.07) is 4.84. The number of urea groups is 1. The molecule has 0 aliphatic heterocycles. The number of alkyl halides is 2. The van der Waals surface area contributed by atoms with Crippen LogP contribution in [-0.4, -0.2) is 29.3 Å². The van der Waals surface area contributed by atoms with Crippen molar-refractivity contribution >= 4 is 29.4 Å². The monoisotopic (exact) mass is 345 g/mol.